The fourth-order valence-electron chi connectivity index (χ4n) is 2.37. The number of nitrogens with one attached hydrogen (secondary N) is 2. The second-order valence-electron chi connectivity index (χ2n) is 5.42. The maximum Gasteiger partial charge on any atom is 0.279 e. The van der Waals surface area contributed by atoms with E-state index in [-0.39, 0.29) is 24.4 Å². The molecule has 0 spiro atoms. The van der Waals surface area contributed by atoms with Gasteiger partial charge in [-0.25, -0.2) is 4.72 Å². The molecule has 7 heteroatoms. The van der Waals surface area contributed by atoms with Gasteiger partial charge in [-0.3, -0.25) is 4.79 Å². The molecule has 2 aliphatic rings. The zero-order valence-electron chi connectivity index (χ0n) is 11.4. The molecule has 2 fully saturated rings. The van der Waals surface area contributed by atoms with Crippen molar-refractivity contribution in [3.63, 3.8) is 0 Å². The van der Waals surface area contributed by atoms with Crippen LogP contribution in [0.25, 0.3) is 0 Å². The predicted octanol–water partition coefficient (Wildman–Crippen LogP) is 0.221. The summed E-state index contributed by atoms with van der Waals surface area (Å²) >= 11 is 0. The van der Waals surface area contributed by atoms with Gasteiger partial charge in [-0.2, -0.15) is 12.7 Å². The Morgan fingerprint density at radius 3 is 2.58 bits per heavy atom. The van der Waals surface area contributed by atoms with Gasteiger partial charge in [-0.05, 0) is 32.6 Å². The van der Waals surface area contributed by atoms with Crippen molar-refractivity contribution in [3.05, 3.63) is 0 Å². The van der Waals surface area contributed by atoms with Crippen molar-refractivity contribution in [1.29, 1.82) is 0 Å². The Bertz CT molecular complexity index is 420. The summed E-state index contributed by atoms with van der Waals surface area (Å²) in [6, 6.07) is 0.0623. The Balaban J connectivity index is 1.72. The van der Waals surface area contributed by atoms with Gasteiger partial charge >= 0.3 is 0 Å². The molecule has 6 nitrogen and oxygen atoms in total. The van der Waals surface area contributed by atoms with E-state index in [4.69, 9.17) is 0 Å². The summed E-state index contributed by atoms with van der Waals surface area (Å²) in [6.45, 7) is 3.14. The van der Waals surface area contributed by atoms with E-state index in [0.717, 1.165) is 32.1 Å². The van der Waals surface area contributed by atoms with Crippen LogP contribution in [0.2, 0.25) is 0 Å². The SMILES string of the molecule is CC1CCCCN1S(=O)(=O)NCCNC(=O)C1CC1. The third kappa shape index (κ3) is 4.15. The Morgan fingerprint density at radius 1 is 1.21 bits per heavy atom. The van der Waals surface area contributed by atoms with E-state index in [2.05, 4.69) is 10.0 Å². The van der Waals surface area contributed by atoms with Crippen LogP contribution in [0.1, 0.15) is 39.0 Å². The number of hydrogen-bond acceptors (Lipinski definition) is 3. The normalized spacial score (nSPS) is 25.2. The van der Waals surface area contributed by atoms with Gasteiger partial charge in [0.2, 0.25) is 5.91 Å². The minimum atomic E-state index is -3.40. The lowest BCUT2D eigenvalue weighted by atomic mass is 10.1. The molecule has 0 aromatic heterocycles. The lowest BCUT2D eigenvalue weighted by Gasteiger charge is -2.32. The van der Waals surface area contributed by atoms with Crippen LogP contribution in [-0.2, 0) is 15.0 Å². The standard InChI is InChI=1S/C12H23N3O3S/c1-10-4-2-3-9-15(10)19(17,18)14-8-7-13-12(16)11-5-6-11/h10-11,14H,2-9H2,1H3,(H,13,16). The Labute approximate surface area is 115 Å². The van der Waals surface area contributed by atoms with Crippen molar-refractivity contribution in [3.8, 4) is 0 Å². The average molecular weight is 289 g/mol. The fraction of sp³-hybridized carbons (Fsp3) is 0.917. The highest BCUT2D eigenvalue weighted by Gasteiger charge is 2.30. The first-order chi connectivity index (χ1) is 9.00. The number of nitrogens with zero attached hydrogens (tertiary/aromatic N) is 1. The highest BCUT2D eigenvalue weighted by atomic mass is 32.2. The summed E-state index contributed by atoms with van der Waals surface area (Å²) in [4.78, 5) is 11.4. The summed E-state index contributed by atoms with van der Waals surface area (Å²) in [5.41, 5.74) is 0. The van der Waals surface area contributed by atoms with E-state index in [0.29, 0.717) is 13.1 Å². The first-order valence-electron chi connectivity index (χ1n) is 7.05. The van der Waals surface area contributed by atoms with Crippen LogP contribution in [0.4, 0.5) is 0 Å². The number of amides is 1. The first-order valence-corrected chi connectivity index (χ1v) is 8.49. The van der Waals surface area contributed by atoms with Crippen molar-refractivity contribution >= 4 is 16.1 Å². The van der Waals surface area contributed by atoms with Gasteiger partial charge in [0.15, 0.2) is 0 Å². The largest absolute Gasteiger partial charge is 0.355 e. The van der Waals surface area contributed by atoms with Crippen molar-refractivity contribution in [2.45, 2.75) is 45.1 Å². The van der Waals surface area contributed by atoms with E-state index >= 15 is 0 Å². The molecule has 110 valence electrons. The van der Waals surface area contributed by atoms with Gasteiger partial charge in [0, 0.05) is 31.6 Å². The third-order valence-electron chi connectivity index (χ3n) is 3.71. The highest BCUT2D eigenvalue weighted by molar-refractivity contribution is 7.87. The van der Waals surface area contributed by atoms with Crippen molar-refractivity contribution in [1.82, 2.24) is 14.3 Å². The van der Waals surface area contributed by atoms with Gasteiger partial charge in [0.25, 0.3) is 10.2 Å². The van der Waals surface area contributed by atoms with Gasteiger partial charge in [0.05, 0.1) is 0 Å². The zero-order valence-corrected chi connectivity index (χ0v) is 12.2. The average Bonchev–Trinajstić information content (AvgIpc) is 3.19. The van der Waals surface area contributed by atoms with E-state index < -0.39 is 10.2 Å². The molecule has 0 radical (unpaired) electrons. The molecule has 19 heavy (non-hydrogen) atoms. The monoisotopic (exact) mass is 289 g/mol. The molecule has 1 aliphatic heterocycles. The molecule has 1 unspecified atom stereocenters. The molecule has 1 saturated carbocycles. The molecule has 2 N–H and O–H groups in total. The Morgan fingerprint density at radius 2 is 1.95 bits per heavy atom. The quantitative estimate of drug-likeness (QED) is 0.687. The number of hydrogen-bond donors (Lipinski definition) is 2. The molecular weight excluding hydrogens is 266 g/mol. The summed E-state index contributed by atoms with van der Waals surface area (Å²) in [7, 11) is -3.40. The maximum atomic E-state index is 12.1. The van der Waals surface area contributed by atoms with E-state index in [1.807, 2.05) is 6.92 Å². The van der Waals surface area contributed by atoms with Gasteiger partial charge < -0.3 is 5.32 Å². The Hall–Kier alpha value is -0.660. The number of carbonyl (C=O) groups is 1. The summed E-state index contributed by atoms with van der Waals surface area (Å²) in [6.07, 6.45) is 4.85. The number of rotatable bonds is 6. The topological polar surface area (TPSA) is 78.5 Å². The van der Waals surface area contributed by atoms with Crippen LogP contribution in [0.5, 0.6) is 0 Å². The van der Waals surface area contributed by atoms with Crippen molar-refractivity contribution in [2.75, 3.05) is 19.6 Å². The molecule has 0 bridgehead atoms. The van der Waals surface area contributed by atoms with E-state index in [9.17, 15) is 13.2 Å². The van der Waals surface area contributed by atoms with Crippen LogP contribution < -0.4 is 10.0 Å². The van der Waals surface area contributed by atoms with E-state index in [1.54, 1.807) is 0 Å². The second kappa shape index (κ2) is 6.19. The molecule has 0 aromatic carbocycles. The smallest absolute Gasteiger partial charge is 0.279 e. The molecule has 1 atom stereocenters. The second-order valence-corrected chi connectivity index (χ2v) is 7.13. The Kier molecular flexibility index (Phi) is 4.81. The lowest BCUT2D eigenvalue weighted by molar-refractivity contribution is -0.122. The number of piperidine rings is 1. The molecule has 1 aliphatic carbocycles. The first kappa shape index (κ1) is 14.7. The molecular formula is C12H23N3O3S. The van der Waals surface area contributed by atoms with Gasteiger partial charge in [-0.1, -0.05) is 6.42 Å². The zero-order chi connectivity index (χ0) is 13.9. The molecule has 1 amide bonds. The fourth-order valence-corrected chi connectivity index (χ4v) is 3.84. The maximum absolute atomic E-state index is 12.1. The predicted molar refractivity (Wildman–Crippen MR) is 72.7 cm³/mol. The van der Waals surface area contributed by atoms with Gasteiger partial charge in [-0.15, -0.1) is 0 Å². The van der Waals surface area contributed by atoms with Crippen molar-refractivity contribution < 1.29 is 13.2 Å². The summed E-state index contributed by atoms with van der Waals surface area (Å²) in [5, 5.41) is 2.75. The molecule has 1 saturated heterocycles. The molecule has 0 aromatic rings. The van der Waals surface area contributed by atoms with Crippen LogP contribution in [0.15, 0.2) is 0 Å². The molecule has 1 heterocycles. The highest BCUT2D eigenvalue weighted by Crippen LogP contribution is 2.28. The van der Waals surface area contributed by atoms with Crippen LogP contribution in [0, 0.1) is 5.92 Å². The third-order valence-corrected chi connectivity index (χ3v) is 5.44. The molecule has 2 rings (SSSR count). The lowest BCUT2D eigenvalue weighted by Crippen LogP contribution is -2.49. The number of carbonyl (C=O) groups excluding carboxylic acids is 1. The minimum absolute atomic E-state index is 0.0468. The minimum Gasteiger partial charge on any atom is -0.355 e. The van der Waals surface area contributed by atoms with Crippen LogP contribution >= 0.6 is 0 Å². The van der Waals surface area contributed by atoms with Crippen LogP contribution in [0.3, 0.4) is 0 Å². The van der Waals surface area contributed by atoms with Crippen molar-refractivity contribution in [2.24, 2.45) is 5.92 Å². The van der Waals surface area contributed by atoms with Gasteiger partial charge in [0.1, 0.15) is 0 Å². The van der Waals surface area contributed by atoms with E-state index in [1.165, 1.54) is 4.31 Å². The van der Waals surface area contributed by atoms with Crippen LogP contribution in [-0.4, -0.2) is 44.3 Å². The summed E-state index contributed by atoms with van der Waals surface area (Å²) < 4.78 is 28.3. The summed E-state index contributed by atoms with van der Waals surface area (Å²) in [5.74, 6) is 0.212.